The summed E-state index contributed by atoms with van der Waals surface area (Å²) in [6.45, 7) is 5.57. The Morgan fingerprint density at radius 3 is 2.67 bits per heavy atom. The van der Waals surface area contributed by atoms with Crippen molar-refractivity contribution < 1.29 is 14.6 Å². The lowest BCUT2D eigenvalue weighted by Gasteiger charge is -2.35. The van der Waals surface area contributed by atoms with Gasteiger partial charge in [0.1, 0.15) is 6.61 Å². The first-order valence-electron chi connectivity index (χ1n) is 8.04. The molecule has 1 fully saturated rings. The number of para-hydroxylation sites is 2. The van der Waals surface area contributed by atoms with Crippen molar-refractivity contribution in [3.8, 4) is 11.5 Å². The zero-order valence-electron chi connectivity index (χ0n) is 13.0. The van der Waals surface area contributed by atoms with Crippen LogP contribution >= 0.6 is 0 Å². The van der Waals surface area contributed by atoms with Crippen LogP contribution in [0.2, 0.25) is 0 Å². The number of likely N-dealkylation sites (tertiary alicyclic amines) is 1. The molecule has 4 heteroatoms. The topological polar surface area (TPSA) is 41.9 Å². The number of aliphatic hydroxyl groups is 1. The minimum absolute atomic E-state index is 0.273. The van der Waals surface area contributed by atoms with Gasteiger partial charge in [-0.05, 0) is 44.9 Å². The van der Waals surface area contributed by atoms with Gasteiger partial charge in [0.2, 0.25) is 0 Å². The van der Waals surface area contributed by atoms with E-state index in [1.54, 1.807) is 0 Å². The van der Waals surface area contributed by atoms with Crippen molar-refractivity contribution in [1.82, 2.24) is 4.90 Å². The van der Waals surface area contributed by atoms with Crippen molar-refractivity contribution >= 4 is 0 Å². The quantitative estimate of drug-likeness (QED) is 0.800. The van der Waals surface area contributed by atoms with Crippen molar-refractivity contribution in [3.05, 3.63) is 24.3 Å². The number of aliphatic hydroxyl groups excluding tert-OH is 1. The van der Waals surface area contributed by atoms with E-state index in [0.717, 1.165) is 31.0 Å². The van der Waals surface area contributed by atoms with E-state index in [2.05, 4.69) is 4.90 Å². The van der Waals surface area contributed by atoms with E-state index in [1.807, 2.05) is 31.2 Å². The van der Waals surface area contributed by atoms with Crippen LogP contribution in [0.5, 0.6) is 11.5 Å². The summed E-state index contributed by atoms with van der Waals surface area (Å²) in [5.74, 6) is 1.63. The summed E-state index contributed by atoms with van der Waals surface area (Å²) in [5.41, 5.74) is 0. The second-order valence-electron chi connectivity index (χ2n) is 5.43. The average Bonchev–Trinajstić information content (AvgIpc) is 2.51. The van der Waals surface area contributed by atoms with E-state index in [0.29, 0.717) is 19.3 Å². The molecule has 0 aliphatic carbocycles. The molecule has 0 bridgehead atoms. The highest BCUT2D eigenvalue weighted by molar-refractivity contribution is 5.39. The second-order valence-corrected chi connectivity index (χ2v) is 5.43. The first-order valence-corrected chi connectivity index (χ1v) is 8.04. The number of nitrogens with zero attached hydrogens (tertiary/aromatic N) is 1. The SMILES string of the molecule is CCOc1ccccc1OCCN1CCCCC1CCO. The Morgan fingerprint density at radius 1 is 1.19 bits per heavy atom. The van der Waals surface area contributed by atoms with Crippen LogP contribution in [0.4, 0.5) is 0 Å². The highest BCUT2D eigenvalue weighted by Gasteiger charge is 2.21. The van der Waals surface area contributed by atoms with Crippen molar-refractivity contribution in [2.45, 2.75) is 38.6 Å². The van der Waals surface area contributed by atoms with Gasteiger partial charge in [0.05, 0.1) is 6.61 Å². The van der Waals surface area contributed by atoms with Crippen LogP contribution in [0, 0.1) is 0 Å². The van der Waals surface area contributed by atoms with Gasteiger partial charge in [0.15, 0.2) is 11.5 Å². The maximum absolute atomic E-state index is 9.16. The summed E-state index contributed by atoms with van der Waals surface area (Å²) < 4.78 is 11.5. The Bertz CT molecular complexity index is 409. The molecule has 1 saturated heterocycles. The molecule has 0 radical (unpaired) electrons. The minimum Gasteiger partial charge on any atom is -0.490 e. The molecule has 0 spiro atoms. The summed E-state index contributed by atoms with van der Waals surface area (Å²) in [5, 5.41) is 9.16. The maximum Gasteiger partial charge on any atom is 0.161 e. The zero-order valence-corrected chi connectivity index (χ0v) is 13.0. The molecule has 1 N–H and O–H groups in total. The van der Waals surface area contributed by atoms with E-state index < -0.39 is 0 Å². The lowest BCUT2D eigenvalue weighted by atomic mass is 10.00. The molecule has 1 unspecified atom stereocenters. The Labute approximate surface area is 127 Å². The third kappa shape index (κ3) is 4.90. The van der Waals surface area contributed by atoms with Crippen LogP contribution in [0.15, 0.2) is 24.3 Å². The molecule has 1 aromatic rings. The van der Waals surface area contributed by atoms with E-state index in [9.17, 15) is 0 Å². The first kappa shape index (κ1) is 16.1. The molecule has 1 aliphatic heterocycles. The standard InChI is InChI=1S/C17H27NO3/c1-2-20-16-8-3-4-9-17(16)21-14-12-18-11-6-5-7-15(18)10-13-19/h3-4,8-9,15,19H,2,5-7,10-14H2,1H3. The molecule has 1 aromatic carbocycles. The van der Waals surface area contributed by atoms with E-state index in [1.165, 1.54) is 19.3 Å². The van der Waals surface area contributed by atoms with Gasteiger partial charge in [-0.3, -0.25) is 4.90 Å². The number of hydrogen-bond acceptors (Lipinski definition) is 4. The summed E-state index contributed by atoms with van der Waals surface area (Å²) in [7, 11) is 0. The first-order chi connectivity index (χ1) is 10.3. The smallest absolute Gasteiger partial charge is 0.161 e. The molecule has 118 valence electrons. The highest BCUT2D eigenvalue weighted by Crippen LogP contribution is 2.26. The minimum atomic E-state index is 0.273. The molecule has 0 amide bonds. The van der Waals surface area contributed by atoms with Crippen molar-refractivity contribution in [2.75, 3.05) is 32.9 Å². The highest BCUT2D eigenvalue weighted by atomic mass is 16.5. The van der Waals surface area contributed by atoms with Gasteiger partial charge in [-0.15, -0.1) is 0 Å². The van der Waals surface area contributed by atoms with Crippen LogP contribution in [-0.2, 0) is 0 Å². The van der Waals surface area contributed by atoms with E-state index in [-0.39, 0.29) is 6.61 Å². The summed E-state index contributed by atoms with van der Waals surface area (Å²) >= 11 is 0. The largest absolute Gasteiger partial charge is 0.490 e. The zero-order chi connectivity index (χ0) is 14.9. The summed E-state index contributed by atoms with van der Waals surface area (Å²) in [4.78, 5) is 2.45. The predicted octanol–water partition coefficient (Wildman–Crippen LogP) is 2.70. The van der Waals surface area contributed by atoms with Gasteiger partial charge in [0, 0.05) is 19.2 Å². The number of hydrogen-bond donors (Lipinski definition) is 1. The van der Waals surface area contributed by atoms with Gasteiger partial charge in [-0.2, -0.15) is 0 Å². The Kier molecular flexibility index (Phi) is 6.83. The molecule has 1 atom stereocenters. The second kappa shape index (κ2) is 8.90. The fraction of sp³-hybridized carbons (Fsp3) is 0.647. The molecule has 4 nitrogen and oxygen atoms in total. The Balaban J connectivity index is 1.82. The normalized spacial score (nSPS) is 19.4. The number of ether oxygens (including phenoxy) is 2. The van der Waals surface area contributed by atoms with E-state index in [4.69, 9.17) is 14.6 Å². The van der Waals surface area contributed by atoms with Gasteiger partial charge in [0.25, 0.3) is 0 Å². The third-order valence-corrected chi connectivity index (χ3v) is 4.00. The molecule has 0 aromatic heterocycles. The Hall–Kier alpha value is -1.26. The number of piperidine rings is 1. The predicted molar refractivity (Wildman–Crippen MR) is 84.0 cm³/mol. The van der Waals surface area contributed by atoms with Gasteiger partial charge in [-0.25, -0.2) is 0 Å². The van der Waals surface area contributed by atoms with Crippen LogP contribution in [0.3, 0.4) is 0 Å². The third-order valence-electron chi connectivity index (χ3n) is 4.00. The lowest BCUT2D eigenvalue weighted by Crippen LogP contribution is -2.42. The molecule has 1 aliphatic rings. The fourth-order valence-corrected chi connectivity index (χ4v) is 2.95. The number of benzene rings is 1. The van der Waals surface area contributed by atoms with Crippen LogP contribution in [0.1, 0.15) is 32.6 Å². The van der Waals surface area contributed by atoms with Crippen molar-refractivity contribution in [2.24, 2.45) is 0 Å². The molecule has 2 rings (SSSR count). The molecular formula is C17H27NO3. The fourth-order valence-electron chi connectivity index (χ4n) is 2.95. The molecule has 1 heterocycles. The van der Waals surface area contributed by atoms with Crippen LogP contribution in [-0.4, -0.2) is 49.0 Å². The van der Waals surface area contributed by atoms with Crippen molar-refractivity contribution in [3.63, 3.8) is 0 Å². The van der Waals surface area contributed by atoms with Gasteiger partial charge < -0.3 is 14.6 Å². The maximum atomic E-state index is 9.16. The summed E-state index contributed by atoms with van der Waals surface area (Å²) in [6, 6.07) is 8.32. The lowest BCUT2D eigenvalue weighted by molar-refractivity contribution is 0.101. The summed E-state index contributed by atoms with van der Waals surface area (Å²) in [6.07, 6.45) is 4.58. The van der Waals surface area contributed by atoms with E-state index >= 15 is 0 Å². The van der Waals surface area contributed by atoms with Crippen LogP contribution in [0.25, 0.3) is 0 Å². The van der Waals surface area contributed by atoms with Crippen LogP contribution < -0.4 is 9.47 Å². The van der Waals surface area contributed by atoms with Gasteiger partial charge in [-0.1, -0.05) is 18.6 Å². The Morgan fingerprint density at radius 2 is 1.95 bits per heavy atom. The number of rotatable bonds is 8. The van der Waals surface area contributed by atoms with Crippen molar-refractivity contribution in [1.29, 1.82) is 0 Å². The molecule has 21 heavy (non-hydrogen) atoms. The average molecular weight is 293 g/mol. The molecular weight excluding hydrogens is 266 g/mol. The monoisotopic (exact) mass is 293 g/mol. The van der Waals surface area contributed by atoms with Gasteiger partial charge >= 0.3 is 0 Å². The molecule has 0 saturated carbocycles.